The molecule has 7 aromatic carbocycles. The highest BCUT2D eigenvalue weighted by Crippen LogP contribution is 2.51. The largest absolute Gasteiger partial charge is 0.310 e. The van der Waals surface area contributed by atoms with Crippen molar-refractivity contribution in [1.82, 2.24) is 0 Å². The van der Waals surface area contributed by atoms with Gasteiger partial charge < -0.3 is 9.80 Å². The van der Waals surface area contributed by atoms with E-state index < -0.39 is 0 Å². The standard InChI is InChI=1S/C52H52N2/c1-37-19-23-39(24-20-37)40-25-31-46(32-26-40)54(45-29-21-38(2)22-30-45)49-36-43(52(6,7)8)35-48(50(49)41-15-11-9-12-16-41)53(44-17-13-10-14-18-44)47-33-27-42(28-34-47)51(3,4)5/h9-36H,1-8H3. The third-order valence-corrected chi connectivity index (χ3v) is 10.3. The van der Waals surface area contributed by atoms with E-state index in [2.05, 4.69) is 235 Å². The molecule has 0 aliphatic carbocycles. The third kappa shape index (κ3) is 7.75. The van der Waals surface area contributed by atoms with Gasteiger partial charge in [0.15, 0.2) is 0 Å². The Morgan fingerprint density at radius 2 is 0.685 bits per heavy atom. The lowest BCUT2D eigenvalue weighted by Gasteiger charge is -2.35. The molecule has 0 fully saturated rings. The molecule has 0 bridgehead atoms. The Morgan fingerprint density at radius 3 is 1.13 bits per heavy atom. The van der Waals surface area contributed by atoms with Crippen LogP contribution >= 0.6 is 0 Å². The molecular weight excluding hydrogens is 653 g/mol. The molecule has 0 saturated carbocycles. The number of anilines is 6. The van der Waals surface area contributed by atoms with Crippen molar-refractivity contribution in [3.05, 3.63) is 192 Å². The Bertz CT molecular complexity index is 2310. The Balaban J connectivity index is 1.55. The van der Waals surface area contributed by atoms with Crippen LogP contribution in [0, 0.1) is 13.8 Å². The number of nitrogens with zero attached hydrogens (tertiary/aromatic N) is 2. The molecule has 0 unspecified atom stereocenters. The van der Waals surface area contributed by atoms with Crippen LogP contribution in [0.5, 0.6) is 0 Å². The highest BCUT2D eigenvalue weighted by atomic mass is 15.2. The quantitative estimate of drug-likeness (QED) is 0.155. The first-order valence-electron chi connectivity index (χ1n) is 19.1. The number of hydrogen-bond donors (Lipinski definition) is 0. The van der Waals surface area contributed by atoms with E-state index in [9.17, 15) is 0 Å². The van der Waals surface area contributed by atoms with Gasteiger partial charge in [-0.25, -0.2) is 0 Å². The van der Waals surface area contributed by atoms with Crippen LogP contribution in [0.4, 0.5) is 34.1 Å². The maximum Gasteiger partial charge on any atom is 0.0564 e. The molecule has 54 heavy (non-hydrogen) atoms. The highest BCUT2D eigenvalue weighted by Gasteiger charge is 2.28. The molecular formula is C52H52N2. The molecule has 0 amide bonds. The van der Waals surface area contributed by atoms with Crippen LogP contribution in [0.15, 0.2) is 170 Å². The monoisotopic (exact) mass is 704 g/mol. The van der Waals surface area contributed by atoms with Gasteiger partial charge in [0.1, 0.15) is 0 Å². The molecule has 7 rings (SSSR count). The summed E-state index contributed by atoms with van der Waals surface area (Å²) in [5.41, 5.74) is 16.4. The molecule has 7 aromatic rings. The molecule has 0 atom stereocenters. The maximum absolute atomic E-state index is 2.45. The van der Waals surface area contributed by atoms with Gasteiger partial charge in [-0.05, 0) is 113 Å². The molecule has 270 valence electrons. The van der Waals surface area contributed by atoms with Gasteiger partial charge in [0.25, 0.3) is 0 Å². The lowest BCUT2D eigenvalue weighted by atomic mass is 9.83. The molecule has 0 aromatic heterocycles. The van der Waals surface area contributed by atoms with Crippen LogP contribution in [0.3, 0.4) is 0 Å². The van der Waals surface area contributed by atoms with Crippen LogP contribution in [0.25, 0.3) is 22.3 Å². The second-order valence-corrected chi connectivity index (χ2v) is 16.6. The van der Waals surface area contributed by atoms with Gasteiger partial charge in [-0.2, -0.15) is 0 Å². The van der Waals surface area contributed by atoms with Crippen LogP contribution in [0.2, 0.25) is 0 Å². The summed E-state index contributed by atoms with van der Waals surface area (Å²) in [6.45, 7) is 18.1. The Kier molecular flexibility index (Phi) is 10.1. The lowest BCUT2D eigenvalue weighted by Crippen LogP contribution is -2.19. The summed E-state index contributed by atoms with van der Waals surface area (Å²) in [4.78, 5) is 4.90. The predicted octanol–water partition coefficient (Wildman–Crippen LogP) is 15.2. The summed E-state index contributed by atoms with van der Waals surface area (Å²) in [5, 5.41) is 0. The Labute approximate surface area is 323 Å². The minimum absolute atomic E-state index is 0.0498. The van der Waals surface area contributed by atoms with Crippen molar-refractivity contribution < 1.29 is 0 Å². The minimum atomic E-state index is -0.134. The van der Waals surface area contributed by atoms with Crippen LogP contribution in [0.1, 0.15) is 63.8 Å². The summed E-state index contributed by atoms with van der Waals surface area (Å²) in [6.07, 6.45) is 0. The van der Waals surface area contributed by atoms with Crippen molar-refractivity contribution in [2.75, 3.05) is 9.80 Å². The van der Waals surface area contributed by atoms with Gasteiger partial charge in [0.05, 0.1) is 11.4 Å². The van der Waals surface area contributed by atoms with E-state index in [1.807, 2.05) is 0 Å². The van der Waals surface area contributed by atoms with Crippen LogP contribution in [-0.4, -0.2) is 0 Å². The number of aryl methyl sites for hydroxylation is 2. The Hall–Kier alpha value is -5.86. The molecule has 0 aliphatic heterocycles. The zero-order valence-corrected chi connectivity index (χ0v) is 33.1. The van der Waals surface area contributed by atoms with Gasteiger partial charge in [-0.15, -0.1) is 0 Å². The van der Waals surface area contributed by atoms with Crippen molar-refractivity contribution >= 4 is 34.1 Å². The molecule has 0 saturated heterocycles. The van der Waals surface area contributed by atoms with Gasteiger partial charge in [-0.3, -0.25) is 0 Å². The minimum Gasteiger partial charge on any atom is -0.310 e. The van der Waals surface area contributed by atoms with Crippen molar-refractivity contribution in [3.8, 4) is 22.3 Å². The predicted molar refractivity (Wildman–Crippen MR) is 234 cm³/mol. The summed E-state index contributed by atoms with van der Waals surface area (Å²) in [6, 6.07) is 62.5. The Morgan fingerprint density at radius 1 is 0.333 bits per heavy atom. The average Bonchev–Trinajstić information content (AvgIpc) is 3.17. The van der Waals surface area contributed by atoms with E-state index in [-0.39, 0.29) is 10.8 Å². The number of para-hydroxylation sites is 1. The van der Waals surface area contributed by atoms with E-state index in [4.69, 9.17) is 0 Å². The normalized spacial score (nSPS) is 11.7. The molecule has 2 nitrogen and oxygen atoms in total. The summed E-state index contributed by atoms with van der Waals surface area (Å²) in [7, 11) is 0. The molecule has 0 radical (unpaired) electrons. The average molecular weight is 705 g/mol. The summed E-state index contributed by atoms with van der Waals surface area (Å²) in [5.74, 6) is 0. The first-order valence-corrected chi connectivity index (χ1v) is 19.1. The first-order chi connectivity index (χ1) is 25.9. The molecule has 0 N–H and O–H groups in total. The highest BCUT2D eigenvalue weighted by molar-refractivity contribution is 5.99. The second-order valence-electron chi connectivity index (χ2n) is 16.6. The van der Waals surface area contributed by atoms with Crippen molar-refractivity contribution in [1.29, 1.82) is 0 Å². The van der Waals surface area contributed by atoms with E-state index in [1.54, 1.807) is 0 Å². The smallest absolute Gasteiger partial charge is 0.0564 e. The van der Waals surface area contributed by atoms with Gasteiger partial charge >= 0.3 is 0 Å². The van der Waals surface area contributed by atoms with Crippen LogP contribution < -0.4 is 9.80 Å². The number of hydrogen-bond acceptors (Lipinski definition) is 2. The van der Waals surface area contributed by atoms with E-state index in [1.165, 1.54) is 33.4 Å². The second kappa shape index (κ2) is 14.9. The molecule has 0 heterocycles. The molecule has 2 heteroatoms. The third-order valence-electron chi connectivity index (χ3n) is 10.3. The molecule has 0 aliphatic rings. The van der Waals surface area contributed by atoms with E-state index in [0.717, 1.165) is 45.3 Å². The number of rotatable bonds is 8. The van der Waals surface area contributed by atoms with Gasteiger partial charge in [-0.1, -0.05) is 162 Å². The first kappa shape index (κ1) is 36.5. The SMILES string of the molecule is Cc1ccc(-c2ccc(N(c3ccc(C)cc3)c3cc(C(C)(C)C)cc(N(c4ccccc4)c4ccc(C(C)(C)C)cc4)c3-c3ccccc3)cc2)cc1. The summed E-state index contributed by atoms with van der Waals surface area (Å²) < 4.78 is 0. The molecule has 0 spiro atoms. The topological polar surface area (TPSA) is 6.48 Å². The maximum atomic E-state index is 2.45. The number of benzene rings is 7. The van der Waals surface area contributed by atoms with Crippen molar-refractivity contribution in [2.24, 2.45) is 0 Å². The van der Waals surface area contributed by atoms with Crippen molar-refractivity contribution in [3.63, 3.8) is 0 Å². The fourth-order valence-corrected chi connectivity index (χ4v) is 7.08. The fourth-order valence-electron chi connectivity index (χ4n) is 7.08. The fraction of sp³-hybridized carbons (Fsp3) is 0.192. The van der Waals surface area contributed by atoms with Crippen LogP contribution in [-0.2, 0) is 10.8 Å². The van der Waals surface area contributed by atoms with Gasteiger partial charge in [0, 0.05) is 28.3 Å². The van der Waals surface area contributed by atoms with E-state index in [0.29, 0.717) is 0 Å². The van der Waals surface area contributed by atoms with Crippen molar-refractivity contribution in [2.45, 2.75) is 66.2 Å². The zero-order chi connectivity index (χ0) is 38.0. The summed E-state index contributed by atoms with van der Waals surface area (Å²) >= 11 is 0. The van der Waals surface area contributed by atoms with Gasteiger partial charge in [0.2, 0.25) is 0 Å². The van der Waals surface area contributed by atoms with E-state index >= 15 is 0 Å². The zero-order valence-electron chi connectivity index (χ0n) is 33.1. The lowest BCUT2D eigenvalue weighted by molar-refractivity contribution is 0.590.